The van der Waals surface area contributed by atoms with Crippen LogP contribution in [-0.4, -0.2) is 37.6 Å². The van der Waals surface area contributed by atoms with Crippen molar-refractivity contribution in [2.24, 2.45) is 5.92 Å². The zero-order chi connectivity index (χ0) is 22.5. The number of hydrogen-bond acceptors (Lipinski definition) is 4. The van der Waals surface area contributed by atoms with Crippen LogP contribution in [0.3, 0.4) is 0 Å². The van der Waals surface area contributed by atoms with Crippen molar-refractivity contribution in [2.45, 2.75) is 59.2 Å². The third kappa shape index (κ3) is 5.59. The van der Waals surface area contributed by atoms with Crippen LogP contribution >= 0.6 is 0 Å². The number of methoxy groups -OCH3 is 2. The van der Waals surface area contributed by atoms with Crippen LogP contribution < -0.4 is 14.8 Å². The predicted molar refractivity (Wildman–Crippen MR) is 125 cm³/mol. The van der Waals surface area contributed by atoms with Crippen molar-refractivity contribution in [2.75, 3.05) is 20.8 Å². The standard InChI is InChI=1S/C26H36N2O3/c1-17(2)12-25(29)27-19(4)26-22-15-24(31-6)23(30-5)14-21(22)10-11-28(26)16-20-9-7-8-18(3)13-20/h7-9,13-15,17,19,26H,10-12,16H2,1-6H3,(H,27,29). The Hall–Kier alpha value is -2.53. The highest BCUT2D eigenvalue weighted by atomic mass is 16.5. The first kappa shape index (κ1) is 23.1. The molecule has 1 N–H and O–H groups in total. The normalized spacial score (nSPS) is 17.2. The number of fused-ring (bicyclic) bond motifs is 1. The van der Waals surface area contributed by atoms with Gasteiger partial charge in [0.15, 0.2) is 11.5 Å². The number of hydrogen-bond donors (Lipinski definition) is 1. The molecule has 0 aliphatic carbocycles. The summed E-state index contributed by atoms with van der Waals surface area (Å²) in [5.74, 6) is 1.91. The third-order valence-corrected chi connectivity index (χ3v) is 5.95. The van der Waals surface area contributed by atoms with E-state index in [0.29, 0.717) is 12.3 Å². The van der Waals surface area contributed by atoms with Crippen molar-refractivity contribution < 1.29 is 14.3 Å². The summed E-state index contributed by atoms with van der Waals surface area (Å²) in [5, 5.41) is 3.26. The molecule has 0 radical (unpaired) electrons. The second-order valence-electron chi connectivity index (χ2n) is 9.01. The highest BCUT2D eigenvalue weighted by Crippen LogP contribution is 2.40. The molecule has 1 heterocycles. The van der Waals surface area contributed by atoms with Crippen LogP contribution in [0, 0.1) is 12.8 Å². The molecule has 1 aliphatic rings. The topological polar surface area (TPSA) is 50.8 Å². The SMILES string of the molecule is COc1cc2c(cc1OC)C(C(C)NC(=O)CC(C)C)N(Cc1cccc(C)c1)CC2. The summed E-state index contributed by atoms with van der Waals surface area (Å²) in [4.78, 5) is 15.1. The highest BCUT2D eigenvalue weighted by molar-refractivity contribution is 5.76. The van der Waals surface area contributed by atoms with Crippen LogP contribution in [-0.2, 0) is 17.8 Å². The lowest BCUT2D eigenvalue weighted by Crippen LogP contribution is -2.47. The summed E-state index contributed by atoms with van der Waals surface area (Å²) in [6.07, 6.45) is 1.47. The van der Waals surface area contributed by atoms with Crippen LogP contribution in [0.25, 0.3) is 0 Å². The highest BCUT2D eigenvalue weighted by Gasteiger charge is 2.33. The Morgan fingerprint density at radius 3 is 2.48 bits per heavy atom. The molecule has 2 aromatic rings. The number of ether oxygens (including phenoxy) is 2. The molecule has 5 nitrogen and oxygen atoms in total. The first-order chi connectivity index (χ1) is 14.8. The minimum absolute atomic E-state index is 0.0341. The largest absolute Gasteiger partial charge is 0.493 e. The first-order valence-corrected chi connectivity index (χ1v) is 11.2. The minimum atomic E-state index is -0.0341. The maximum absolute atomic E-state index is 12.6. The Bertz CT molecular complexity index is 910. The molecule has 2 aromatic carbocycles. The van der Waals surface area contributed by atoms with E-state index in [4.69, 9.17) is 9.47 Å². The van der Waals surface area contributed by atoms with E-state index in [9.17, 15) is 4.79 Å². The van der Waals surface area contributed by atoms with Crippen molar-refractivity contribution in [3.8, 4) is 11.5 Å². The third-order valence-electron chi connectivity index (χ3n) is 5.95. The fourth-order valence-corrected chi connectivity index (χ4v) is 4.60. The number of carbonyl (C=O) groups is 1. The lowest BCUT2D eigenvalue weighted by atomic mass is 9.87. The van der Waals surface area contributed by atoms with Gasteiger partial charge in [-0.3, -0.25) is 9.69 Å². The van der Waals surface area contributed by atoms with Gasteiger partial charge in [0, 0.05) is 25.6 Å². The van der Waals surface area contributed by atoms with Crippen molar-refractivity contribution in [3.63, 3.8) is 0 Å². The molecule has 0 fully saturated rings. The molecule has 2 unspecified atom stereocenters. The molecule has 1 amide bonds. The molecule has 5 heteroatoms. The lowest BCUT2D eigenvalue weighted by molar-refractivity contribution is -0.122. The maximum atomic E-state index is 12.6. The summed E-state index contributed by atoms with van der Waals surface area (Å²) < 4.78 is 11.1. The molecule has 0 aromatic heterocycles. The van der Waals surface area contributed by atoms with Crippen molar-refractivity contribution >= 4 is 5.91 Å². The molecule has 168 valence electrons. The number of nitrogens with zero attached hydrogens (tertiary/aromatic N) is 1. The number of nitrogens with one attached hydrogen (secondary N) is 1. The molecular formula is C26H36N2O3. The van der Waals surface area contributed by atoms with Crippen LogP contribution in [0.5, 0.6) is 11.5 Å². The molecule has 2 atom stereocenters. The molecule has 1 aliphatic heterocycles. The van der Waals surface area contributed by atoms with Gasteiger partial charge in [-0.05, 0) is 55.0 Å². The monoisotopic (exact) mass is 424 g/mol. The van der Waals surface area contributed by atoms with Gasteiger partial charge in [0.25, 0.3) is 0 Å². The maximum Gasteiger partial charge on any atom is 0.220 e. The summed E-state index contributed by atoms with van der Waals surface area (Å²) >= 11 is 0. The predicted octanol–water partition coefficient (Wildman–Crippen LogP) is 4.66. The molecular weight excluding hydrogens is 388 g/mol. The van der Waals surface area contributed by atoms with Gasteiger partial charge in [-0.2, -0.15) is 0 Å². The van der Waals surface area contributed by atoms with E-state index in [-0.39, 0.29) is 18.0 Å². The number of rotatable bonds is 8. The smallest absolute Gasteiger partial charge is 0.220 e. The van der Waals surface area contributed by atoms with Gasteiger partial charge in [0.1, 0.15) is 0 Å². The number of carbonyl (C=O) groups excluding carboxylic acids is 1. The molecule has 0 spiro atoms. The van der Waals surface area contributed by atoms with Gasteiger partial charge in [0.2, 0.25) is 5.91 Å². The molecule has 31 heavy (non-hydrogen) atoms. The Balaban J connectivity index is 1.96. The van der Waals surface area contributed by atoms with Crippen LogP contribution in [0.4, 0.5) is 0 Å². The van der Waals surface area contributed by atoms with E-state index in [1.165, 1.54) is 22.3 Å². The Morgan fingerprint density at radius 1 is 1.13 bits per heavy atom. The molecule has 0 saturated carbocycles. The van der Waals surface area contributed by atoms with Gasteiger partial charge >= 0.3 is 0 Å². The van der Waals surface area contributed by atoms with Crippen molar-refractivity contribution in [1.29, 1.82) is 0 Å². The lowest BCUT2D eigenvalue weighted by Gasteiger charge is -2.41. The van der Waals surface area contributed by atoms with Crippen LogP contribution in [0.2, 0.25) is 0 Å². The zero-order valence-corrected chi connectivity index (χ0v) is 19.7. The minimum Gasteiger partial charge on any atom is -0.493 e. The zero-order valence-electron chi connectivity index (χ0n) is 19.7. The Morgan fingerprint density at radius 2 is 1.84 bits per heavy atom. The van der Waals surface area contributed by atoms with Crippen LogP contribution in [0.15, 0.2) is 36.4 Å². The van der Waals surface area contributed by atoms with E-state index in [1.807, 2.05) is 0 Å². The second-order valence-corrected chi connectivity index (χ2v) is 9.01. The summed E-state index contributed by atoms with van der Waals surface area (Å²) in [6.45, 7) is 10.1. The first-order valence-electron chi connectivity index (χ1n) is 11.2. The van der Waals surface area contributed by atoms with Gasteiger partial charge in [-0.1, -0.05) is 43.7 Å². The fourth-order valence-electron chi connectivity index (χ4n) is 4.60. The molecule has 0 saturated heterocycles. The van der Waals surface area contributed by atoms with E-state index in [2.05, 4.69) is 74.3 Å². The summed E-state index contributed by atoms with van der Waals surface area (Å²) in [6, 6.07) is 12.9. The van der Waals surface area contributed by atoms with Gasteiger partial charge in [-0.25, -0.2) is 0 Å². The number of benzene rings is 2. The summed E-state index contributed by atoms with van der Waals surface area (Å²) in [5.41, 5.74) is 5.01. The number of aryl methyl sites for hydroxylation is 1. The second kappa shape index (κ2) is 10.2. The Labute approximate surface area is 186 Å². The average Bonchev–Trinajstić information content (AvgIpc) is 2.71. The Kier molecular flexibility index (Phi) is 7.60. The van der Waals surface area contributed by atoms with Crippen molar-refractivity contribution in [3.05, 3.63) is 58.7 Å². The molecule has 3 rings (SSSR count). The quantitative estimate of drug-likeness (QED) is 0.669. The van der Waals surface area contributed by atoms with Gasteiger partial charge < -0.3 is 14.8 Å². The van der Waals surface area contributed by atoms with E-state index in [0.717, 1.165) is 31.0 Å². The van der Waals surface area contributed by atoms with E-state index < -0.39 is 0 Å². The average molecular weight is 425 g/mol. The van der Waals surface area contributed by atoms with Gasteiger partial charge in [-0.15, -0.1) is 0 Å². The fraction of sp³-hybridized carbons (Fsp3) is 0.500. The van der Waals surface area contributed by atoms with Crippen LogP contribution in [0.1, 0.15) is 55.5 Å². The summed E-state index contributed by atoms with van der Waals surface area (Å²) in [7, 11) is 3.34. The van der Waals surface area contributed by atoms with Gasteiger partial charge in [0.05, 0.1) is 20.3 Å². The molecule has 0 bridgehead atoms. The van der Waals surface area contributed by atoms with E-state index in [1.54, 1.807) is 14.2 Å². The van der Waals surface area contributed by atoms with E-state index >= 15 is 0 Å². The number of amides is 1. The van der Waals surface area contributed by atoms with Crippen molar-refractivity contribution in [1.82, 2.24) is 10.2 Å².